The molecule has 1 heterocycles. The third-order valence-electron chi connectivity index (χ3n) is 3.10. The highest BCUT2D eigenvalue weighted by atomic mass is 32.2. The van der Waals surface area contributed by atoms with Gasteiger partial charge in [0.05, 0.1) is 21.7 Å². The molecule has 1 aromatic carbocycles. The van der Waals surface area contributed by atoms with E-state index in [0.717, 1.165) is 0 Å². The van der Waals surface area contributed by atoms with E-state index in [2.05, 4.69) is 0 Å². The van der Waals surface area contributed by atoms with Crippen LogP contribution < -0.4 is 0 Å². The van der Waals surface area contributed by atoms with Crippen molar-refractivity contribution in [1.29, 1.82) is 0 Å². The van der Waals surface area contributed by atoms with Crippen LogP contribution in [-0.4, -0.2) is 51.8 Å². The summed E-state index contributed by atoms with van der Waals surface area (Å²) in [5, 5.41) is -3.54. The molecule has 0 bridgehead atoms. The minimum atomic E-state index is -4.77. The van der Waals surface area contributed by atoms with Gasteiger partial charge in [-0.25, -0.2) is 16.8 Å². The number of hydrogen-bond acceptors (Lipinski definition) is 6. The van der Waals surface area contributed by atoms with Crippen molar-refractivity contribution in [3.05, 3.63) is 30.3 Å². The number of rotatable bonds is 3. The van der Waals surface area contributed by atoms with Crippen LogP contribution in [0.4, 0.5) is 0 Å². The summed E-state index contributed by atoms with van der Waals surface area (Å²) in [4.78, 5) is -0.171. The zero-order valence-electron chi connectivity index (χ0n) is 10.1. The molecule has 0 aliphatic carbocycles. The van der Waals surface area contributed by atoms with Gasteiger partial charge in [-0.05, 0) is 12.1 Å². The van der Waals surface area contributed by atoms with Gasteiger partial charge in [0.1, 0.15) is 5.25 Å². The van der Waals surface area contributed by atoms with Crippen molar-refractivity contribution in [2.24, 2.45) is 0 Å². The lowest BCUT2D eigenvalue weighted by atomic mass is 10.4. The zero-order chi connectivity index (χ0) is 15.2. The van der Waals surface area contributed by atoms with Gasteiger partial charge in [0.25, 0.3) is 10.1 Å². The van der Waals surface area contributed by atoms with Crippen molar-refractivity contribution in [2.45, 2.75) is 15.4 Å². The Labute approximate surface area is 117 Å². The highest BCUT2D eigenvalue weighted by Crippen LogP contribution is 2.29. The van der Waals surface area contributed by atoms with Gasteiger partial charge < -0.3 is 0 Å². The first kappa shape index (κ1) is 15.4. The number of hydrogen-bond donors (Lipinski definition) is 1. The van der Waals surface area contributed by atoms with Crippen LogP contribution in [0, 0.1) is 0 Å². The summed E-state index contributed by atoms with van der Waals surface area (Å²) in [6.45, 7) is 0. The molecule has 0 aromatic heterocycles. The molecule has 1 aliphatic heterocycles. The fourth-order valence-electron chi connectivity index (χ4n) is 2.14. The summed E-state index contributed by atoms with van der Waals surface area (Å²) in [6.07, 6.45) is 0. The smallest absolute Gasteiger partial charge is 0.270 e. The lowest BCUT2D eigenvalue weighted by Crippen LogP contribution is -2.38. The maximum atomic E-state index is 12.3. The highest BCUT2D eigenvalue weighted by molar-refractivity contribution is 7.99. The Morgan fingerprint density at radius 1 is 0.950 bits per heavy atom. The van der Waals surface area contributed by atoms with Crippen LogP contribution in [0.25, 0.3) is 0 Å². The number of sulfone groups is 2. The SMILES string of the molecule is O=S1(=O)C[C@H](S(=O)(=O)O)[C@@H](S(=O)(=O)c2ccccc2)C1. The molecule has 2 atom stereocenters. The predicted molar refractivity (Wildman–Crippen MR) is 71.4 cm³/mol. The lowest BCUT2D eigenvalue weighted by molar-refractivity contribution is 0.469. The first-order valence-corrected chi connectivity index (χ1v) is 10.4. The lowest BCUT2D eigenvalue weighted by Gasteiger charge is -2.15. The van der Waals surface area contributed by atoms with Crippen molar-refractivity contribution < 1.29 is 29.8 Å². The van der Waals surface area contributed by atoms with Crippen molar-refractivity contribution in [2.75, 3.05) is 11.5 Å². The van der Waals surface area contributed by atoms with E-state index < -0.39 is 51.8 Å². The largest absolute Gasteiger partial charge is 0.285 e. The van der Waals surface area contributed by atoms with E-state index in [1.165, 1.54) is 24.3 Å². The van der Waals surface area contributed by atoms with Crippen LogP contribution in [-0.2, 0) is 29.8 Å². The van der Waals surface area contributed by atoms with Crippen molar-refractivity contribution in [3.8, 4) is 0 Å². The number of benzene rings is 1. The molecule has 20 heavy (non-hydrogen) atoms. The second-order valence-corrected chi connectivity index (χ2v) is 10.5. The summed E-state index contributed by atoms with van der Waals surface area (Å²) in [6, 6.07) is 6.96. The summed E-state index contributed by atoms with van der Waals surface area (Å²) >= 11 is 0. The molecule has 0 saturated carbocycles. The van der Waals surface area contributed by atoms with Crippen LogP contribution in [0.15, 0.2) is 35.2 Å². The van der Waals surface area contributed by atoms with Gasteiger partial charge in [-0.3, -0.25) is 4.55 Å². The Morgan fingerprint density at radius 2 is 1.45 bits per heavy atom. The molecule has 0 amide bonds. The molecule has 1 N–H and O–H groups in total. The quantitative estimate of drug-likeness (QED) is 0.737. The average Bonchev–Trinajstić information content (AvgIpc) is 2.67. The standard InChI is InChI=1S/C10H12O7S3/c11-18(12)6-9(10(7-18)20(15,16)17)19(13,14)8-4-2-1-3-5-8/h1-5,9-10H,6-7H2,(H,15,16,17)/t9-,10-/m0/s1. The van der Waals surface area contributed by atoms with Gasteiger partial charge in [0.2, 0.25) is 0 Å². The molecule has 1 aromatic rings. The third kappa shape index (κ3) is 2.87. The molecule has 2 rings (SSSR count). The fourth-order valence-corrected chi connectivity index (χ4v) is 9.35. The molecule has 7 nitrogen and oxygen atoms in total. The molecule has 0 unspecified atom stereocenters. The van der Waals surface area contributed by atoms with E-state index in [1.54, 1.807) is 6.07 Å². The topological polar surface area (TPSA) is 123 Å². The Balaban J connectivity index is 2.56. The van der Waals surface area contributed by atoms with Crippen LogP contribution >= 0.6 is 0 Å². The molecule has 112 valence electrons. The Morgan fingerprint density at radius 3 is 1.95 bits per heavy atom. The van der Waals surface area contributed by atoms with Gasteiger partial charge in [-0.2, -0.15) is 8.42 Å². The predicted octanol–water partition coefficient (Wildman–Crippen LogP) is -0.486. The van der Waals surface area contributed by atoms with E-state index in [0.29, 0.717) is 0 Å². The maximum absolute atomic E-state index is 12.3. The minimum absolute atomic E-state index is 0.171. The fraction of sp³-hybridized carbons (Fsp3) is 0.400. The summed E-state index contributed by atoms with van der Waals surface area (Å²) in [5.74, 6) is -1.70. The molecule has 1 aliphatic rings. The second kappa shape index (κ2) is 4.79. The molecule has 0 radical (unpaired) electrons. The summed E-state index contributed by atoms with van der Waals surface area (Å²) < 4.78 is 79.3. The average molecular weight is 340 g/mol. The van der Waals surface area contributed by atoms with E-state index in [4.69, 9.17) is 4.55 Å². The van der Waals surface area contributed by atoms with Gasteiger partial charge in [0, 0.05) is 0 Å². The molecular weight excluding hydrogens is 328 g/mol. The van der Waals surface area contributed by atoms with Crippen LogP contribution in [0.5, 0.6) is 0 Å². The Hall–Kier alpha value is -0.970. The first-order chi connectivity index (χ1) is 9.04. The zero-order valence-corrected chi connectivity index (χ0v) is 12.5. The van der Waals surface area contributed by atoms with Gasteiger partial charge >= 0.3 is 0 Å². The molecule has 10 heteroatoms. The summed E-state index contributed by atoms with van der Waals surface area (Å²) in [7, 11) is -12.8. The van der Waals surface area contributed by atoms with E-state index in [1.807, 2.05) is 0 Å². The van der Waals surface area contributed by atoms with Crippen molar-refractivity contribution >= 4 is 29.8 Å². The van der Waals surface area contributed by atoms with Gasteiger partial charge in [-0.1, -0.05) is 18.2 Å². The monoisotopic (exact) mass is 340 g/mol. The third-order valence-corrected chi connectivity index (χ3v) is 8.91. The molecule has 0 spiro atoms. The van der Waals surface area contributed by atoms with Crippen LogP contribution in [0.3, 0.4) is 0 Å². The molecular formula is C10H12O7S3. The van der Waals surface area contributed by atoms with E-state index >= 15 is 0 Å². The van der Waals surface area contributed by atoms with E-state index in [9.17, 15) is 25.3 Å². The van der Waals surface area contributed by atoms with Crippen LogP contribution in [0.1, 0.15) is 0 Å². The van der Waals surface area contributed by atoms with Crippen molar-refractivity contribution in [3.63, 3.8) is 0 Å². The Bertz CT molecular complexity index is 807. The minimum Gasteiger partial charge on any atom is -0.285 e. The van der Waals surface area contributed by atoms with Crippen LogP contribution in [0.2, 0.25) is 0 Å². The van der Waals surface area contributed by atoms with Gasteiger partial charge in [0.15, 0.2) is 19.7 Å². The van der Waals surface area contributed by atoms with Gasteiger partial charge in [-0.15, -0.1) is 0 Å². The second-order valence-electron chi connectivity index (χ2n) is 4.53. The first-order valence-electron chi connectivity index (χ1n) is 5.50. The molecule has 1 fully saturated rings. The molecule has 1 saturated heterocycles. The normalized spacial score (nSPS) is 26.4. The highest BCUT2D eigenvalue weighted by Gasteiger charge is 2.51. The Kier molecular flexibility index (Phi) is 3.70. The van der Waals surface area contributed by atoms with E-state index in [-0.39, 0.29) is 4.90 Å². The summed E-state index contributed by atoms with van der Waals surface area (Å²) in [5.41, 5.74) is 0. The maximum Gasteiger partial charge on any atom is 0.270 e. The van der Waals surface area contributed by atoms with Crippen molar-refractivity contribution in [1.82, 2.24) is 0 Å².